The van der Waals surface area contributed by atoms with E-state index in [0.29, 0.717) is 30.3 Å². The normalized spacial score (nSPS) is 11.4. The van der Waals surface area contributed by atoms with Crippen molar-refractivity contribution < 1.29 is 27.4 Å². The van der Waals surface area contributed by atoms with E-state index in [2.05, 4.69) is 5.32 Å². The predicted octanol–water partition coefficient (Wildman–Crippen LogP) is 5.15. The highest BCUT2D eigenvalue weighted by Gasteiger charge is 2.33. The van der Waals surface area contributed by atoms with Crippen molar-refractivity contribution >= 4 is 17.7 Å². The Morgan fingerprint density at radius 1 is 1.04 bits per heavy atom. The summed E-state index contributed by atoms with van der Waals surface area (Å²) in [6, 6.07) is 9.95. The van der Waals surface area contributed by atoms with Crippen LogP contribution in [-0.4, -0.2) is 19.1 Å². The van der Waals surface area contributed by atoms with Crippen LogP contribution in [0.2, 0.25) is 0 Å². The van der Waals surface area contributed by atoms with Gasteiger partial charge in [0.05, 0.1) is 24.5 Å². The summed E-state index contributed by atoms with van der Waals surface area (Å²) in [7, 11) is 0. The molecule has 2 aromatic carbocycles. The van der Waals surface area contributed by atoms with Crippen molar-refractivity contribution in [3.05, 3.63) is 59.7 Å². The lowest BCUT2D eigenvalue weighted by Gasteiger charge is -2.12. The van der Waals surface area contributed by atoms with Crippen molar-refractivity contribution in [2.45, 2.75) is 20.0 Å². The van der Waals surface area contributed by atoms with Gasteiger partial charge in [-0.25, -0.2) is 0 Å². The molecule has 2 aromatic rings. The summed E-state index contributed by atoms with van der Waals surface area (Å²) < 4.78 is 49.9. The predicted molar refractivity (Wildman–Crippen MR) is 97.9 cm³/mol. The van der Waals surface area contributed by atoms with E-state index in [-0.39, 0.29) is 5.69 Å². The second-order valence-electron chi connectivity index (χ2n) is 5.44. The SMILES string of the molecule is CCOc1ccc(/C=C/C(=O)Nc2ccccc2C(F)(F)F)cc1OCC. The molecule has 7 heteroatoms. The lowest BCUT2D eigenvalue weighted by molar-refractivity contribution is -0.136. The zero-order valence-electron chi connectivity index (χ0n) is 15.0. The number of carbonyl (C=O) groups is 1. The summed E-state index contributed by atoms with van der Waals surface area (Å²) in [5.74, 6) is 0.447. The van der Waals surface area contributed by atoms with Gasteiger partial charge in [-0.3, -0.25) is 4.79 Å². The van der Waals surface area contributed by atoms with Gasteiger partial charge in [-0.15, -0.1) is 0 Å². The zero-order chi connectivity index (χ0) is 19.9. The molecule has 0 saturated heterocycles. The summed E-state index contributed by atoms with van der Waals surface area (Å²) in [4.78, 5) is 12.0. The van der Waals surface area contributed by atoms with Crippen LogP contribution in [0.4, 0.5) is 18.9 Å². The Balaban J connectivity index is 2.15. The number of benzene rings is 2. The highest BCUT2D eigenvalue weighted by Crippen LogP contribution is 2.34. The van der Waals surface area contributed by atoms with Crippen LogP contribution in [0.5, 0.6) is 11.5 Å². The first-order valence-corrected chi connectivity index (χ1v) is 8.40. The molecule has 0 saturated carbocycles. The van der Waals surface area contributed by atoms with E-state index in [1.165, 1.54) is 30.4 Å². The van der Waals surface area contributed by atoms with Crippen molar-refractivity contribution in [1.29, 1.82) is 0 Å². The van der Waals surface area contributed by atoms with Crippen LogP contribution < -0.4 is 14.8 Å². The lowest BCUT2D eigenvalue weighted by Crippen LogP contribution is -2.14. The minimum Gasteiger partial charge on any atom is -0.490 e. The van der Waals surface area contributed by atoms with E-state index < -0.39 is 17.6 Å². The minimum atomic E-state index is -4.55. The number of ether oxygens (including phenoxy) is 2. The van der Waals surface area contributed by atoms with Gasteiger partial charge in [0.15, 0.2) is 11.5 Å². The van der Waals surface area contributed by atoms with Crippen molar-refractivity contribution in [1.82, 2.24) is 0 Å². The van der Waals surface area contributed by atoms with Crippen molar-refractivity contribution in [2.24, 2.45) is 0 Å². The first kappa shape index (κ1) is 20.4. The van der Waals surface area contributed by atoms with Crippen molar-refractivity contribution in [3.63, 3.8) is 0 Å². The number of nitrogens with one attached hydrogen (secondary N) is 1. The molecule has 0 atom stereocenters. The molecule has 2 rings (SSSR count). The maximum Gasteiger partial charge on any atom is 0.418 e. The van der Waals surface area contributed by atoms with Crippen LogP contribution in [0.25, 0.3) is 6.08 Å². The Kier molecular flexibility index (Phi) is 6.87. The molecule has 0 aliphatic rings. The maximum atomic E-state index is 13.0. The summed E-state index contributed by atoms with van der Waals surface area (Å²) in [6.45, 7) is 4.62. The maximum absolute atomic E-state index is 13.0. The fraction of sp³-hybridized carbons (Fsp3) is 0.250. The number of anilines is 1. The Labute approximate surface area is 155 Å². The zero-order valence-corrected chi connectivity index (χ0v) is 15.0. The molecule has 0 unspecified atom stereocenters. The molecular weight excluding hydrogens is 359 g/mol. The van der Waals surface area contributed by atoms with Gasteiger partial charge >= 0.3 is 6.18 Å². The van der Waals surface area contributed by atoms with Gasteiger partial charge in [0.25, 0.3) is 0 Å². The third kappa shape index (κ3) is 5.77. The largest absolute Gasteiger partial charge is 0.490 e. The van der Waals surface area contributed by atoms with Gasteiger partial charge in [0, 0.05) is 6.08 Å². The molecule has 0 spiro atoms. The summed E-state index contributed by atoms with van der Waals surface area (Å²) in [5.41, 5.74) is -0.533. The van der Waals surface area contributed by atoms with Crippen molar-refractivity contribution in [2.75, 3.05) is 18.5 Å². The fourth-order valence-corrected chi connectivity index (χ4v) is 2.36. The number of para-hydroxylation sites is 1. The van der Waals surface area contributed by atoms with Crippen LogP contribution in [0, 0.1) is 0 Å². The second-order valence-corrected chi connectivity index (χ2v) is 5.44. The molecule has 1 N–H and O–H groups in total. The molecule has 0 heterocycles. The number of hydrogen-bond donors (Lipinski definition) is 1. The summed E-state index contributed by atoms with van der Waals surface area (Å²) in [6.07, 6.45) is -1.89. The lowest BCUT2D eigenvalue weighted by atomic mass is 10.1. The Hall–Kier alpha value is -2.96. The number of rotatable bonds is 7. The van der Waals surface area contributed by atoms with Gasteiger partial charge in [0.2, 0.25) is 5.91 Å². The molecule has 0 aromatic heterocycles. The average Bonchev–Trinajstić information content (AvgIpc) is 2.62. The first-order valence-electron chi connectivity index (χ1n) is 8.40. The van der Waals surface area contributed by atoms with Gasteiger partial charge in [-0.1, -0.05) is 18.2 Å². The summed E-state index contributed by atoms with van der Waals surface area (Å²) >= 11 is 0. The standard InChI is InChI=1S/C20H20F3NO3/c1-3-26-17-11-9-14(13-18(17)27-4-2)10-12-19(25)24-16-8-6-5-7-15(16)20(21,22)23/h5-13H,3-4H2,1-2H3,(H,24,25)/b12-10+. The number of alkyl halides is 3. The highest BCUT2D eigenvalue weighted by molar-refractivity contribution is 6.02. The van der Waals surface area contributed by atoms with Crippen LogP contribution in [0.1, 0.15) is 25.0 Å². The molecule has 0 aliphatic carbocycles. The third-order valence-corrected chi connectivity index (χ3v) is 3.48. The molecule has 0 radical (unpaired) electrons. The number of carbonyl (C=O) groups excluding carboxylic acids is 1. The smallest absolute Gasteiger partial charge is 0.418 e. The van der Waals surface area contributed by atoms with Crippen LogP contribution >= 0.6 is 0 Å². The number of halogens is 3. The van der Waals surface area contributed by atoms with E-state index in [4.69, 9.17) is 9.47 Å². The first-order chi connectivity index (χ1) is 12.8. The second kappa shape index (κ2) is 9.12. The van der Waals surface area contributed by atoms with Crippen LogP contribution in [-0.2, 0) is 11.0 Å². The van der Waals surface area contributed by atoms with E-state index in [9.17, 15) is 18.0 Å². The molecule has 0 fully saturated rings. The molecule has 144 valence electrons. The van der Waals surface area contributed by atoms with E-state index in [1.807, 2.05) is 13.8 Å². The van der Waals surface area contributed by atoms with Crippen LogP contribution in [0.3, 0.4) is 0 Å². The minimum absolute atomic E-state index is 0.290. The molecule has 4 nitrogen and oxygen atoms in total. The van der Waals surface area contributed by atoms with Gasteiger partial charge < -0.3 is 14.8 Å². The summed E-state index contributed by atoms with van der Waals surface area (Å²) in [5, 5.41) is 2.26. The average molecular weight is 379 g/mol. The van der Waals surface area contributed by atoms with Gasteiger partial charge in [0.1, 0.15) is 0 Å². The van der Waals surface area contributed by atoms with E-state index in [1.54, 1.807) is 18.2 Å². The van der Waals surface area contributed by atoms with Gasteiger partial charge in [-0.05, 0) is 49.8 Å². The quantitative estimate of drug-likeness (QED) is 0.677. The molecular formula is C20H20F3NO3. The third-order valence-electron chi connectivity index (χ3n) is 3.48. The number of hydrogen-bond acceptors (Lipinski definition) is 3. The highest BCUT2D eigenvalue weighted by atomic mass is 19.4. The fourth-order valence-electron chi connectivity index (χ4n) is 2.36. The molecule has 27 heavy (non-hydrogen) atoms. The molecule has 1 amide bonds. The topological polar surface area (TPSA) is 47.6 Å². The Bertz CT molecular complexity index is 816. The van der Waals surface area contributed by atoms with E-state index >= 15 is 0 Å². The molecule has 0 aliphatic heterocycles. The van der Waals surface area contributed by atoms with Crippen molar-refractivity contribution in [3.8, 4) is 11.5 Å². The Morgan fingerprint density at radius 3 is 2.37 bits per heavy atom. The molecule has 0 bridgehead atoms. The van der Waals surface area contributed by atoms with Gasteiger partial charge in [-0.2, -0.15) is 13.2 Å². The van der Waals surface area contributed by atoms with Crippen LogP contribution in [0.15, 0.2) is 48.5 Å². The number of amides is 1. The van der Waals surface area contributed by atoms with E-state index in [0.717, 1.165) is 6.07 Å². The Morgan fingerprint density at radius 2 is 1.70 bits per heavy atom. The monoisotopic (exact) mass is 379 g/mol.